The molecule has 0 unspecified atom stereocenters. The van der Waals surface area contributed by atoms with Gasteiger partial charge in [0.2, 0.25) is 0 Å². The van der Waals surface area contributed by atoms with Crippen molar-refractivity contribution in [2.45, 2.75) is 19.2 Å². The minimum atomic E-state index is -0.243. The number of anilines is 1. The van der Waals surface area contributed by atoms with Crippen LogP contribution < -0.4 is 25.7 Å². The third kappa shape index (κ3) is 6.31. The number of hydrogen-bond acceptors (Lipinski definition) is 9. The highest BCUT2D eigenvalue weighted by molar-refractivity contribution is 6.31. The molecule has 2 aliphatic heterocycles. The predicted octanol–water partition coefficient (Wildman–Crippen LogP) is 1.70. The van der Waals surface area contributed by atoms with E-state index in [0.717, 1.165) is 24.1 Å². The molecule has 1 saturated heterocycles. The molecule has 2 aliphatic rings. The second kappa shape index (κ2) is 12.1. The average molecular weight is 551 g/mol. The first-order chi connectivity index (χ1) is 17.5. The number of nitrogens with one attached hydrogen (secondary N) is 2. The summed E-state index contributed by atoms with van der Waals surface area (Å²) in [6, 6.07) is 6.78. The van der Waals surface area contributed by atoms with Gasteiger partial charge >= 0.3 is 0 Å². The van der Waals surface area contributed by atoms with Crippen LogP contribution in [0.5, 0.6) is 11.5 Å². The summed E-state index contributed by atoms with van der Waals surface area (Å²) >= 11 is 6.34. The number of nitrogens with zero attached hydrogens (tertiary/aromatic N) is 4. The number of hydrogen-bond donors (Lipinski definition) is 2. The molecule has 0 radical (unpaired) electrons. The van der Waals surface area contributed by atoms with Crippen LogP contribution in [0.2, 0.25) is 5.02 Å². The van der Waals surface area contributed by atoms with Gasteiger partial charge in [-0.25, -0.2) is 4.98 Å². The summed E-state index contributed by atoms with van der Waals surface area (Å²) in [5.41, 5.74) is 2.05. The van der Waals surface area contributed by atoms with Crippen LogP contribution in [0.15, 0.2) is 35.3 Å². The third-order valence-corrected chi connectivity index (χ3v) is 6.53. The summed E-state index contributed by atoms with van der Waals surface area (Å²) in [6.45, 7) is 4.33. The molecule has 0 spiro atoms. The van der Waals surface area contributed by atoms with Crippen LogP contribution in [-0.2, 0) is 22.6 Å². The van der Waals surface area contributed by atoms with Crippen molar-refractivity contribution in [2.75, 3.05) is 51.8 Å². The molecule has 3 aromatic heterocycles. The minimum absolute atomic E-state index is 0. The van der Waals surface area contributed by atoms with Crippen molar-refractivity contribution in [1.29, 1.82) is 0 Å². The van der Waals surface area contributed by atoms with E-state index >= 15 is 0 Å². The number of ether oxygens (including phenoxy) is 3. The van der Waals surface area contributed by atoms with Gasteiger partial charge in [0, 0.05) is 57.5 Å². The zero-order chi connectivity index (χ0) is 25.1. The lowest BCUT2D eigenvalue weighted by molar-refractivity contribution is -0.118. The third-order valence-electron chi connectivity index (χ3n) is 6.21. The lowest BCUT2D eigenvalue weighted by atomic mass is 10.2. The molecule has 1 amide bonds. The minimum Gasteiger partial charge on any atom is -0.495 e. The number of morpholine rings is 1. The molecule has 3 aromatic rings. The van der Waals surface area contributed by atoms with Gasteiger partial charge in [0.1, 0.15) is 5.75 Å². The van der Waals surface area contributed by atoms with Crippen LogP contribution in [0, 0.1) is 0 Å². The van der Waals surface area contributed by atoms with Crippen LogP contribution in [0.3, 0.4) is 0 Å². The van der Waals surface area contributed by atoms with Crippen LogP contribution >= 0.6 is 24.0 Å². The summed E-state index contributed by atoms with van der Waals surface area (Å²) in [5.74, 6) is 1.22. The second-order valence-corrected chi connectivity index (χ2v) is 9.03. The molecule has 198 valence electrons. The van der Waals surface area contributed by atoms with E-state index < -0.39 is 0 Å². The normalized spacial score (nSPS) is 17.5. The van der Waals surface area contributed by atoms with Gasteiger partial charge in [-0.15, -0.1) is 12.4 Å². The van der Waals surface area contributed by atoms with E-state index in [4.69, 9.17) is 25.8 Å². The highest BCUT2D eigenvalue weighted by Crippen LogP contribution is 2.30. The van der Waals surface area contributed by atoms with E-state index in [2.05, 4.69) is 25.5 Å². The smallest absolute Gasteiger partial charge is 0.263 e. The van der Waals surface area contributed by atoms with Crippen molar-refractivity contribution >= 4 is 46.8 Å². The Morgan fingerprint density at radius 3 is 2.97 bits per heavy atom. The van der Waals surface area contributed by atoms with Crippen molar-refractivity contribution in [2.24, 2.45) is 0 Å². The monoisotopic (exact) mass is 550 g/mol. The summed E-state index contributed by atoms with van der Waals surface area (Å²) in [4.78, 5) is 35.2. The number of carbonyl (C=O) groups excluding carboxylic acids is 1. The van der Waals surface area contributed by atoms with Gasteiger partial charge in [-0.2, -0.15) is 0 Å². The quantitative estimate of drug-likeness (QED) is 0.431. The number of carbonyl (C=O) groups is 1. The fourth-order valence-electron chi connectivity index (χ4n) is 4.34. The van der Waals surface area contributed by atoms with E-state index in [0.29, 0.717) is 60.8 Å². The van der Waals surface area contributed by atoms with Crippen LogP contribution in [-0.4, -0.2) is 77.9 Å². The van der Waals surface area contributed by atoms with Gasteiger partial charge in [-0.3, -0.25) is 19.5 Å². The first-order valence-corrected chi connectivity index (χ1v) is 12.1. The Labute approximate surface area is 224 Å². The zero-order valence-corrected chi connectivity index (χ0v) is 21.8. The molecule has 5 heterocycles. The number of amides is 1. The Kier molecular flexibility index (Phi) is 8.83. The molecule has 0 bridgehead atoms. The van der Waals surface area contributed by atoms with Crippen molar-refractivity contribution < 1.29 is 19.0 Å². The highest BCUT2D eigenvalue weighted by atomic mass is 35.5. The van der Waals surface area contributed by atoms with Crippen LogP contribution in [0.1, 0.15) is 5.69 Å². The maximum Gasteiger partial charge on any atom is 0.263 e. The molecular weight excluding hydrogens is 523 g/mol. The van der Waals surface area contributed by atoms with Gasteiger partial charge in [0.15, 0.2) is 18.2 Å². The SMILES string of the molecule is COc1cnc2ccc(=O)n(CCN3CCO[C@@H](CNCc4nc5c(cc4Cl)OCC(=O)N5)C3)c2c1.Cl. The van der Waals surface area contributed by atoms with Crippen LogP contribution in [0.4, 0.5) is 5.82 Å². The zero-order valence-electron chi connectivity index (χ0n) is 20.2. The van der Waals surface area contributed by atoms with Crippen molar-refractivity contribution in [1.82, 2.24) is 24.8 Å². The maximum absolute atomic E-state index is 12.6. The maximum atomic E-state index is 12.6. The fraction of sp³-hybridized carbons (Fsp3) is 0.417. The van der Waals surface area contributed by atoms with E-state index in [-0.39, 0.29) is 36.6 Å². The molecule has 2 N–H and O–H groups in total. The standard InChI is InChI=1S/C24H27ClN6O5.ClH/c1-34-15-8-20-18(27-11-15)2-3-23(33)31(20)5-4-30-6-7-35-16(13-30)10-26-12-19-17(25)9-21-24(28-19)29-22(32)14-36-21;/h2-3,8-9,11,16,26H,4-7,10,12-14H2,1H3,(H,28,29,32);1H/t16-;/m0./s1. The highest BCUT2D eigenvalue weighted by Gasteiger charge is 2.22. The van der Waals surface area contributed by atoms with Crippen molar-refractivity contribution in [3.63, 3.8) is 0 Å². The Balaban J connectivity index is 0.00000320. The molecule has 37 heavy (non-hydrogen) atoms. The Bertz CT molecular complexity index is 1340. The van der Waals surface area contributed by atoms with Gasteiger partial charge in [0.05, 0.1) is 47.8 Å². The lowest BCUT2D eigenvalue weighted by Gasteiger charge is -2.33. The molecule has 0 aliphatic carbocycles. The first-order valence-electron chi connectivity index (χ1n) is 11.7. The largest absolute Gasteiger partial charge is 0.495 e. The number of pyridine rings is 3. The Hall–Kier alpha value is -2.96. The molecule has 13 heteroatoms. The summed E-state index contributed by atoms with van der Waals surface area (Å²) in [5, 5.41) is 6.50. The van der Waals surface area contributed by atoms with Crippen LogP contribution in [0.25, 0.3) is 11.0 Å². The van der Waals surface area contributed by atoms with E-state index in [9.17, 15) is 9.59 Å². The van der Waals surface area contributed by atoms with Crippen molar-refractivity contribution in [3.8, 4) is 11.5 Å². The molecule has 1 atom stereocenters. The number of aromatic nitrogens is 3. The van der Waals surface area contributed by atoms with E-state index in [1.807, 2.05) is 6.07 Å². The van der Waals surface area contributed by atoms with Gasteiger partial charge in [-0.05, 0) is 6.07 Å². The summed E-state index contributed by atoms with van der Waals surface area (Å²) in [6.07, 6.45) is 1.62. The predicted molar refractivity (Wildman–Crippen MR) is 141 cm³/mol. The molecule has 0 aromatic carbocycles. The number of fused-ring (bicyclic) bond motifs is 2. The molecule has 11 nitrogen and oxygen atoms in total. The average Bonchev–Trinajstić information content (AvgIpc) is 2.88. The van der Waals surface area contributed by atoms with Gasteiger partial charge in [-0.1, -0.05) is 11.6 Å². The van der Waals surface area contributed by atoms with Crippen molar-refractivity contribution in [3.05, 3.63) is 51.5 Å². The van der Waals surface area contributed by atoms with E-state index in [1.54, 1.807) is 36.1 Å². The Morgan fingerprint density at radius 2 is 2.14 bits per heavy atom. The molecule has 0 saturated carbocycles. The second-order valence-electron chi connectivity index (χ2n) is 8.63. The van der Waals surface area contributed by atoms with Gasteiger partial charge in [0.25, 0.3) is 11.5 Å². The van der Waals surface area contributed by atoms with Gasteiger partial charge < -0.3 is 29.4 Å². The Morgan fingerprint density at radius 1 is 1.27 bits per heavy atom. The lowest BCUT2D eigenvalue weighted by Crippen LogP contribution is -2.47. The molecular formula is C24H28Cl2N6O5. The summed E-state index contributed by atoms with van der Waals surface area (Å²) in [7, 11) is 1.58. The number of methoxy groups -OCH3 is 1. The number of rotatable bonds is 8. The fourth-order valence-corrected chi connectivity index (χ4v) is 4.54. The number of halogens is 2. The molecule has 1 fully saturated rings. The topological polar surface area (TPSA) is 120 Å². The summed E-state index contributed by atoms with van der Waals surface area (Å²) < 4.78 is 18.3. The first kappa shape index (κ1) is 27.1. The van der Waals surface area contributed by atoms with E-state index in [1.165, 1.54) is 0 Å². The molecule has 5 rings (SSSR count).